The molecule has 0 saturated carbocycles. The fraction of sp³-hybridized carbons (Fsp3) is 0.474. The van der Waals surface area contributed by atoms with Gasteiger partial charge in [0.15, 0.2) is 5.71 Å². The minimum Gasteiger partial charge on any atom is -0.497 e. The lowest BCUT2D eigenvalue weighted by Gasteiger charge is -2.30. The topological polar surface area (TPSA) is 41.8 Å². The van der Waals surface area contributed by atoms with Crippen molar-refractivity contribution in [2.75, 3.05) is 32.2 Å². The third-order valence-corrected chi connectivity index (χ3v) is 9.56. The number of methoxy groups -OCH3 is 2. The van der Waals surface area contributed by atoms with Crippen LogP contribution in [0.1, 0.15) is 79.4 Å². The number of nitrogens with zero attached hydrogens (tertiary/aromatic N) is 2. The first-order chi connectivity index (χ1) is 20.7. The van der Waals surface area contributed by atoms with Crippen LogP contribution in [0.25, 0.3) is 0 Å². The van der Waals surface area contributed by atoms with Gasteiger partial charge in [0.2, 0.25) is 11.5 Å². The van der Waals surface area contributed by atoms with E-state index in [4.69, 9.17) is 9.47 Å². The van der Waals surface area contributed by atoms with Gasteiger partial charge in [-0.3, -0.25) is 4.79 Å². The van der Waals surface area contributed by atoms with Crippen molar-refractivity contribution in [3.63, 3.8) is 0 Å². The van der Waals surface area contributed by atoms with E-state index in [0.29, 0.717) is 28.7 Å². The summed E-state index contributed by atoms with van der Waals surface area (Å²) in [5, 5.41) is 0. The molecule has 234 valence electrons. The summed E-state index contributed by atoms with van der Waals surface area (Å²) in [5.74, 6) is 2.19. The predicted octanol–water partition coefficient (Wildman–Crippen LogP) is 8.39. The molecule has 2 aromatic carbocycles. The zero-order chi connectivity index (χ0) is 32.1. The molecule has 3 aliphatic rings. The Bertz CT molecular complexity index is 1620. The number of ether oxygens (including phenoxy) is 2. The van der Waals surface area contributed by atoms with Crippen LogP contribution in [0.5, 0.6) is 5.75 Å². The molecule has 0 unspecified atom stereocenters. The number of fused-ring (bicyclic) bond motifs is 2. The summed E-state index contributed by atoms with van der Waals surface area (Å²) in [4.78, 5) is 16.4. The van der Waals surface area contributed by atoms with Crippen molar-refractivity contribution < 1.29 is 23.2 Å². The van der Waals surface area contributed by atoms with E-state index in [-0.39, 0.29) is 17.0 Å². The highest BCUT2D eigenvalue weighted by atomic mass is 19.1. The van der Waals surface area contributed by atoms with Gasteiger partial charge >= 0.3 is 0 Å². The summed E-state index contributed by atoms with van der Waals surface area (Å²) >= 11 is 0. The summed E-state index contributed by atoms with van der Waals surface area (Å²) in [5.41, 5.74) is 6.68. The molecule has 0 N–H and O–H groups in total. The highest BCUT2D eigenvalue weighted by Crippen LogP contribution is 2.50. The molecule has 2 aliphatic heterocycles. The van der Waals surface area contributed by atoms with Gasteiger partial charge in [0.1, 0.15) is 23.9 Å². The molecule has 0 amide bonds. The van der Waals surface area contributed by atoms with Gasteiger partial charge in [0.25, 0.3) is 0 Å². The Kier molecular flexibility index (Phi) is 8.43. The summed E-state index contributed by atoms with van der Waals surface area (Å²) in [6.07, 6.45) is 6.02. The lowest BCUT2D eigenvalue weighted by molar-refractivity contribution is -0.439. The third-order valence-electron chi connectivity index (χ3n) is 9.56. The highest BCUT2D eigenvalue weighted by Gasteiger charge is 2.48. The zero-order valence-corrected chi connectivity index (χ0v) is 28.1. The first kappa shape index (κ1) is 31.7. The van der Waals surface area contributed by atoms with Crippen LogP contribution < -0.4 is 9.64 Å². The molecule has 0 aromatic heterocycles. The van der Waals surface area contributed by atoms with Crippen LogP contribution in [0.15, 0.2) is 71.2 Å². The van der Waals surface area contributed by atoms with Crippen molar-refractivity contribution in [1.29, 1.82) is 0 Å². The van der Waals surface area contributed by atoms with Crippen LogP contribution in [0.4, 0.5) is 15.8 Å². The molecule has 0 atom stereocenters. The molecule has 0 saturated heterocycles. The van der Waals surface area contributed by atoms with Gasteiger partial charge in [-0.15, -0.1) is 0 Å². The number of benzene rings is 2. The number of hydrogen-bond donors (Lipinski definition) is 0. The fourth-order valence-corrected chi connectivity index (χ4v) is 6.80. The third kappa shape index (κ3) is 5.31. The van der Waals surface area contributed by atoms with Crippen LogP contribution in [-0.2, 0) is 20.4 Å². The van der Waals surface area contributed by atoms with Crippen LogP contribution in [0.3, 0.4) is 0 Å². The Morgan fingerprint density at radius 3 is 2.23 bits per heavy atom. The van der Waals surface area contributed by atoms with E-state index in [1.54, 1.807) is 20.3 Å². The lowest BCUT2D eigenvalue weighted by Crippen LogP contribution is -2.33. The monoisotopic (exact) mass is 599 g/mol. The Labute approximate surface area is 262 Å². The van der Waals surface area contributed by atoms with E-state index in [0.717, 1.165) is 60.0 Å². The Morgan fingerprint density at radius 2 is 1.59 bits per heavy atom. The van der Waals surface area contributed by atoms with Crippen molar-refractivity contribution in [3.05, 3.63) is 88.1 Å². The quantitative estimate of drug-likeness (QED) is 0.203. The van der Waals surface area contributed by atoms with Gasteiger partial charge in [-0.1, -0.05) is 41.5 Å². The molecular formula is C38H48FN2O3+. The SMILES string of the molecule is COC1=C(/C=C2\N(CCC(C)C)c3ccc(OC)cc3C2(C)C)C(=O)/C1=C/C1=[N+](CCC(C)C)c2ccc(F)cc2C1(C)C. The largest absolute Gasteiger partial charge is 0.497 e. The van der Waals surface area contributed by atoms with Crippen LogP contribution >= 0.6 is 0 Å². The van der Waals surface area contributed by atoms with E-state index in [9.17, 15) is 9.18 Å². The number of Topliss-reactive ketones (excluding diaryl/α,β-unsaturated/α-hetero) is 1. The average Bonchev–Trinajstić information content (AvgIpc) is 3.31. The summed E-state index contributed by atoms with van der Waals surface area (Å²) < 4.78 is 28.2. The summed E-state index contributed by atoms with van der Waals surface area (Å²) in [6, 6.07) is 11.3. The number of rotatable bonds is 10. The Morgan fingerprint density at radius 1 is 0.886 bits per heavy atom. The molecular weight excluding hydrogens is 551 g/mol. The van der Waals surface area contributed by atoms with E-state index < -0.39 is 5.41 Å². The first-order valence-electron chi connectivity index (χ1n) is 15.9. The molecule has 0 spiro atoms. The molecule has 0 radical (unpaired) electrons. The summed E-state index contributed by atoms with van der Waals surface area (Å²) in [6.45, 7) is 19.1. The minimum atomic E-state index is -0.476. The van der Waals surface area contributed by atoms with Crippen LogP contribution in [0, 0.1) is 17.7 Å². The molecule has 0 bridgehead atoms. The number of carbonyl (C=O) groups excluding carboxylic acids is 1. The van der Waals surface area contributed by atoms with E-state index in [1.807, 2.05) is 24.3 Å². The number of hydrogen-bond acceptors (Lipinski definition) is 4. The predicted molar refractivity (Wildman–Crippen MR) is 177 cm³/mol. The van der Waals surface area contributed by atoms with Gasteiger partial charge < -0.3 is 14.4 Å². The second-order valence-corrected chi connectivity index (χ2v) is 14.2. The van der Waals surface area contributed by atoms with Gasteiger partial charge in [-0.05, 0) is 74.1 Å². The fourth-order valence-electron chi connectivity index (χ4n) is 6.80. The first-order valence-corrected chi connectivity index (χ1v) is 15.9. The Balaban J connectivity index is 1.61. The van der Waals surface area contributed by atoms with Gasteiger partial charge in [-0.2, -0.15) is 4.58 Å². The normalized spacial score (nSPS) is 20.3. The van der Waals surface area contributed by atoms with Crippen molar-refractivity contribution in [2.45, 2.75) is 79.1 Å². The second-order valence-electron chi connectivity index (χ2n) is 14.2. The van der Waals surface area contributed by atoms with Crippen molar-refractivity contribution >= 4 is 22.9 Å². The van der Waals surface area contributed by atoms with Gasteiger partial charge in [0, 0.05) is 47.5 Å². The standard InChI is InChI=1S/C38H48FN2O3/c1-23(2)15-17-40-31-13-11-25(39)19-29(31)37(5,6)33(40)21-27-35(42)28(36(27)44-10)22-34-38(7,8)30-20-26(43-9)12-14-32(30)41(34)18-16-24(3)4/h11-14,19-24H,15-18H2,1-10H3/q+1. The average molecular weight is 600 g/mol. The molecule has 5 nitrogen and oxygen atoms in total. The van der Waals surface area contributed by atoms with E-state index in [2.05, 4.69) is 77.0 Å². The maximum Gasteiger partial charge on any atom is 0.209 e. The summed E-state index contributed by atoms with van der Waals surface area (Å²) in [7, 11) is 3.32. The lowest BCUT2D eigenvalue weighted by atomic mass is 9.77. The molecule has 2 heterocycles. The maximum atomic E-state index is 14.4. The molecule has 44 heavy (non-hydrogen) atoms. The van der Waals surface area contributed by atoms with Gasteiger partial charge in [-0.25, -0.2) is 4.39 Å². The molecule has 6 heteroatoms. The van der Waals surface area contributed by atoms with Crippen molar-refractivity contribution in [2.24, 2.45) is 11.8 Å². The van der Waals surface area contributed by atoms with Crippen molar-refractivity contribution in [3.8, 4) is 5.75 Å². The highest BCUT2D eigenvalue weighted by molar-refractivity contribution is 6.24. The number of halogens is 1. The van der Waals surface area contributed by atoms with E-state index in [1.165, 1.54) is 11.6 Å². The number of carbonyl (C=O) groups is 1. The second kappa shape index (κ2) is 11.7. The van der Waals surface area contributed by atoms with Gasteiger partial charge in [0.05, 0.1) is 30.8 Å². The van der Waals surface area contributed by atoms with E-state index >= 15 is 0 Å². The number of ketones is 1. The maximum absolute atomic E-state index is 14.4. The molecule has 2 aromatic rings. The van der Waals surface area contributed by atoms with Crippen molar-refractivity contribution in [1.82, 2.24) is 0 Å². The molecule has 5 rings (SSSR count). The molecule has 0 fully saturated rings. The minimum absolute atomic E-state index is 0.0308. The van der Waals surface area contributed by atoms with Crippen LogP contribution in [0.2, 0.25) is 0 Å². The smallest absolute Gasteiger partial charge is 0.209 e. The molecule has 1 aliphatic carbocycles. The van der Waals surface area contributed by atoms with Crippen LogP contribution in [-0.4, -0.2) is 43.4 Å². The Hall–Kier alpha value is -3.67. The number of anilines is 1. The number of allylic oxidation sites excluding steroid dienone is 5. The zero-order valence-electron chi connectivity index (χ0n) is 28.1.